The van der Waals surface area contributed by atoms with Crippen molar-refractivity contribution < 1.29 is 13.2 Å². The summed E-state index contributed by atoms with van der Waals surface area (Å²) < 4.78 is 29.2. The van der Waals surface area contributed by atoms with Crippen LogP contribution in [0.25, 0.3) is 10.8 Å². The van der Waals surface area contributed by atoms with Gasteiger partial charge in [0.25, 0.3) is 0 Å². The van der Waals surface area contributed by atoms with Gasteiger partial charge in [-0.15, -0.1) is 0 Å². The molecular weight excluding hydrogens is 436 g/mol. The number of likely N-dealkylation sites (N-methyl/N-ethyl adjacent to an activating group) is 1. The minimum Gasteiger partial charge on any atom is -0.339 e. The van der Waals surface area contributed by atoms with E-state index in [1.54, 1.807) is 47.4 Å². The molecule has 3 aromatic carbocycles. The molecule has 0 aromatic heterocycles. The second kappa shape index (κ2) is 9.71. The van der Waals surface area contributed by atoms with Gasteiger partial charge in [-0.3, -0.25) is 4.79 Å². The zero-order chi connectivity index (χ0) is 23.4. The predicted octanol–water partition coefficient (Wildman–Crippen LogP) is 2.38. The zero-order valence-corrected chi connectivity index (χ0v) is 19.3. The maximum Gasteiger partial charge on any atom is 0.241 e. The molecule has 8 heteroatoms. The first-order valence-electron chi connectivity index (χ1n) is 10.8. The summed E-state index contributed by atoms with van der Waals surface area (Å²) in [6.45, 7) is 2.56. The number of carbonyl (C=O) groups excluding carboxylic acids is 1. The third-order valence-electron chi connectivity index (χ3n) is 5.94. The normalized spacial score (nSPS) is 15.8. The number of sulfonamides is 1. The average Bonchev–Trinajstić information content (AvgIpc) is 2.83. The molecule has 33 heavy (non-hydrogen) atoms. The summed E-state index contributed by atoms with van der Waals surface area (Å²) in [6.07, 6.45) is 0.160. The van der Waals surface area contributed by atoms with Crippen molar-refractivity contribution >= 4 is 26.7 Å². The van der Waals surface area contributed by atoms with Gasteiger partial charge in [0.1, 0.15) is 6.04 Å². The van der Waals surface area contributed by atoms with Gasteiger partial charge < -0.3 is 9.80 Å². The number of benzene rings is 3. The van der Waals surface area contributed by atoms with Crippen LogP contribution in [0.3, 0.4) is 0 Å². The van der Waals surface area contributed by atoms with Crippen molar-refractivity contribution in [3.05, 3.63) is 77.9 Å². The van der Waals surface area contributed by atoms with Gasteiger partial charge in [-0.1, -0.05) is 42.5 Å². The lowest BCUT2D eigenvalue weighted by Crippen LogP contribution is -2.54. The Morgan fingerprint density at radius 3 is 2.45 bits per heavy atom. The van der Waals surface area contributed by atoms with Crippen LogP contribution in [0.4, 0.5) is 0 Å². The lowest BCUT2D eigenvalue weighted by Gasteiger charge is -2.34. The van der Waals surface area contributed by atoms with E-state index < -0.39 is 16.1 Å². The van der Waals surface area contributed by atoms with Crippen molar-refractivity contribution in [2.24, 2.45) is 0 Å². The van der Waals surface area contributed by atoms with Gasteiger partial charge in [0.15, 0.2) is 0 Å². The number of nitrogens with one attached hydrogen (secondary N) is 1. The number of amides is 1. The summed E-state index contributed by atoms with van der Waals surface area (Å²) in [7, 11) is -1.96. The molecule has 0 radical (unpaired) electrons. The first-order valence-corrected chi connectivity index (χ1v) is 12.3. The van der Waals surface area contributed by atoms with Crippen LogP contribution in [0.1, 0.15) is 11.1 Å². The molecule has 1 aliphatic heterocycles. The van der Waals surface area contributed by atoms with Gasteiger partial charge in [0.2, 0.25) is 15.9 Å². The van der Waals surface area contributed by atoms with Gasteiger partial charge in [0.05, 0.1) is 16.5 Å². The van der Waals surface area contributed by atoms with Gasteiger partial charge in [-0.05, 0) is 54.1 Å². The minimum absolute atomic E-state index is 0.114. The molecule has 0 spiro atoms. The van der Waals surface area contributed by atoms with Crippen LogP contribution in [-0.4, -0.2) is 63.4 Å². The number of carbonyl (C=O) groups is 1. The predicted molar refractivity (Wildman–Crippen MR) is 127 cm³/mol. The van der Waals surface area contributed by atoms with E-state index in [-0.39, 0.29) is 17.2 Å². The van der Waals surface area contributed by atoms with E-state index in [0.29, 0.717) is 18.7 Å². The fourth-order valence-corrected chi connectivity index (χ4v) is 5.24. The molecule has 1 N–H and O–H groups in total. The largest absolute Gasteiger partial charge is 0.339 e. The summed E-state index contributed by atoms with van der Waals surface area (Å²) >= 11 is 0. The Bertz CT molecular complexity index is 1310. The Balaban J connectivity index is 1.63. The van der Waals surface area contributed by atoms with Gasteiger partial charge in [-0.2, -0.15) is 9.98 Å². The van der Waals surface area contributed by atoms with Crippen LogP contribution in [0.2, 0.25) is 0 Å². The van der Waals surface area contributed by atoms with Crippen LogP contribution >= 0.6 is 0 Å². The molecule has 1 amide bonds. The molecule has 0 unspecified atom stereocenters. The van der Waals surface area contributed by atoms with E-state index in [9.17, 15) is 18.5 Å². The van der Waals surface area contributed by atoms with Gasteiger partial charge in [-0.25, -0.2) is 8.42 Å². The number of rotatable bonds is 6. The third-order valence-corrected chi connectivity index (χ3v) is 7.41. The smallest absolute Gasteiger partial charge is 0.241 e. The fourth-order valence-electron chi connectivity index (χ4n) is 4.02. The van der Waals surface area contributed by atoms with Crippen LogP contribution < -0.4 is 4.72 Å². The lowest BCUT2D eigenvalue weighted by molar-refractivity contribution is -0.134. The second-order valence-electron chi connectivity index (χ2n) is 8.33. The van der Waals surface area contributed by atoms with E-state index >= 15 is 0 Å². The van der Waals surface area contributed by atoms with E-state index in [4.69, 9.17) is 0 Å². The Hall–Kier alpha value is -3.25. The number of piperazine rings is 1. The van der Waals surface area contributed by atoms with E-state index in [1.165, 1.54) is 0 Å². The van der Waals surface area contributed by atoms with Crippen molar-refractivity contribution in [2.45, 2.75) is 17.4 Å². The molecule has 0 saturated carbocycles. The molecular formula is C25H26N4O3S. The quantitative estimate of drug-likeness (QED) is 0.607. The third kappa shape index (κ3) is 5.40. The Morgan fingerprint density at radius 1 is 1.00 bits per heavy atom. The highest BCUT2D eigenvalue weighted by molar-refractivity contribution is 7.89. The van der Waals surface area contributed by atoms with Crippen LogP contribution in [0.15, 0.2) is 71.6 Å². The van der Waals surface area contributed by atoms with E-state index in [0.717, 1.165) is 29.4 Å². The van der Waals surface area contributed by atoms with Crippen molar-refractivity contribution in [1.82, 2.24) is 14.5 Å². The Morgan fingerprint density at radius 2 is 1.73 bits per heavy atom. The van der Waals surface area contributed by atoms with E-state index in [2.05, 4.69) is 15.7 Å². The van der Waals surface area contributed by atoms with Crippen molar-refractivity contribution in [2.75, 3.05) is 33.2 Å². The van der Waals surface area contributed by atoms with Crippen LogP contribution in [-0.2, 0) is 21.2 Å². The Labute approximate surface area is 194 Å². The number of fused-ring (bicyclic) bond motifs is 1. The van der Waals surface area contributed by atoms with Crippen molar-refractivity contribution in [1.29, 1.82) is 5.26 Å². The van der Waals surface area contributed by atoms with Crippen molar-refractivity contribution in [3.8, 4) is 6.07 Å². The fraction of sp³-hybridized carbons (Fsp3) is 0.280. The SMILES string of the molecule is CN1CCN(C(=O)[C@@H](Cc2cccc(C#N)c2)NS(=O)(=O)c2ccc3ccccc3c2)CC1. The number of hydrogen-bond donors (Lipinski definition) is 1. The lowest BCUT2D eigenvalue weighted by atomic mass is 10.0. The zero-order valence-electron chi connectivity index (χ0n) is 18.4. The molecule has 0 bridgehead atoms. The highest BCUT2D eigenvalue weighted by Crippen LogP contribution is 2.20. The standard InChI is InChI=1S/C25H26N4O3S/c1-28-11-13-29(14-12-28)25(30)24(16-19-5-4-6-20(15-19)18-26)27-33(31,32)23-10-9-21-7-2-3-8-22(21)17-23/h2-10,15,17,24,27H,11-14,16H2,1H3/t24-/m1/s1. The summed E-state index contributed by atoms with van der Waals surface area (Å²) in [4.78, 5) is 17.4. The van der Waals surface area contributed by atoms with Crippen LogP contribution in [0, 0.1) is 11.3 Å². The number of nitriles is 1. The minimum atomic E-state index is -3.95. The molecule has 0 aliphatic carbocycles. The summed E-state index contributed by atoms with van der Waals surface area (Å²) in [5, 5.41) is 11.0. The average molecular weight is 463 g/mol. The molecule has 1 atom stereocenters. The molecule has 1 saturated heterocycles. The summed E-state index contributed by atoms with van der Waals surface area (Å²) in [5.41, 5.74) is 1.19. The maximum atomic E-state index is 13.4. The highest BCUT2D eigenvalue weighted by atomic mass is 32.2. The molecule has 4 rings (SSSR count). The summed E-state index contributed by atoms with van der Waals surface area (Å²) in [5.74, 6) is -0.255. The van der Waals surface area contributed by atoms with Crippen molar-refractivity contribution in [3.63, 3.8) is 0 Å². The van der Waals surface area contributed by atoms with Gasteiger partial charge >= 0.3 is 0 Å². The van der Waals surface area contributed by atoms with Crippen LogP contribution in [0.5, 0.6) is 0 Å². The molecule has 1 heterocycles. The Kier molecular flexibility index (Phi) is 6.75. The molecule has 7 nitrogen and oxygen atoms in total. The maximum absolute atomic E-state index is 13.4. The molecule has 1 fully saturated rings. The molecule has 1 aliphatic rings. The number of nitrogens with zero attached hydrogens (tertiary/aromatic N) is 3. The molecule has 170 valence electrons. The van der Waals surface area contributed by atoms with Gasteiger partial charge in [0, 0.05) is 26.2 Å². The number of hydrogen-bond acceptors (Lipinski definition) is 5. The molecule has 3 aromatic rings. The van der Waals surface area contributed by atoms with E-state index in [1.807, 2.05) is 31.3 Å². The second-order valence-corrected chi connectivity index (χ2v) is 10.0. The first kappa shape index (κ1) is 22.9. The monoisotopic (exact) mass is 462 g/mol. The summed E-state index contributed by atoms with van der Waals surface area (Å²) in [6, 6.07) is 20.5. The highest BCUT2D eigenvalue weighted by Gasteiger charge is 2.31. The topological polar surface area (TPSA) is 93.5 Å². The first-order chi connectivity index (χ1) is 15.9.